The highest BCUT2D eigenvalue weighted by atomic mass is 19.4. The van der Waals surface area contributed by atoms with E-state index >= 15 is 0 Å². The fraction of sp³-hybridized carbons (Fsp3) is 0.273. The molecule has 1 aromatic heterocycles. The number of amides is 1. The van der Waals surface area contributed by atoms with Gasteiger partial charge in [0, 0.05) is 13.0 Å². The smallest absolute Gasteiger partial charge is 0.410 e. The van der Waals surface area contributed by atoms with E-state index in [1.807, 2.05) is 0 Å². The minimum atomic E-state index is -4.57. The molecule has 1 amide bonds. The number of hydrogen-bond acceptors (Lipinski definition) is 4. The van der Waals surface area contributed by atoms with Gasteiger partial charge in [-0.1, -0.05) is 24.3 Å². The van der Waals surface area contributed by atoms with Gasteiger partial charge >= 0.3 is 6.18 Å². The highest BCUT2D eigenvalue weighted by molar-refractivity contribution is 5.98. The van der Waals surface area contributed by atoms with Crippen LogP contribution in [0.3, 0.4) is 0 Å². The van der Waals surface area contributed by atoms with Crippen LogP contribution in [-0.4, -0.2) is 29.0 Å². The van der Waals surface area contributed by atoms with Gasteiger partial charge in [-0.15, -0.1) is 0 Å². The van der Waals surface area contributed by atoms with E-state index in [1.165, 1.54) is 24.3 Å². The summed E-state index contributed by atoms with van der Waals surface area (Å²) in [6, 6.07) is 9.58. The number of nitrogens with zero attached hydrogens (tertiary/aromatic N) is 2. The van der Waals surface area contributed by atoms with E-state index in [0.717, 1.165) is 16.4 Å². The number of alkyl halides is 3. The van der Waals surface area contributed by atoms with E-state index in [-0.39, 0.29) is 24.3 Å². The minimum absolute atomic E-state index is 0.000395. The van der Waals surface area contributed by atoms with Crippen molar-refractivity contribution in [1.29, 1.82) is 0 Å². The highest BCUT2D eigenvalue weighted by Crippen LogP contribution is 2.44. The van der Waals surface area contributed by atoms with Crippen LogP contribution in [0.5, 0.6) is 5.75 Å². The number of fused-ring (bicyclic) bond motifs is 1. The summed E-state index contributed by atoms with van der Waals surface area (Å²) in [4.78, 5) is 12.8. The number of halogens is 4. The third-order valence-corrected chi connectivity index (χ3v) is 5.37. The van der Waals surface area contributed by atoms with E-state index in [2.05, 4.69) is 15.7 Å². The normalized spacial score (nSPS) is 17.9. The molecule has 2 aromatic carbocycles. The summed E-state index contributed by atoms with van der Waals surface area (Å²) in [5.74, 6) is -0.407. The van der Waals surface area contributed by atoms with Crippen molar-refractivity contribution in [3.05, 3.63) is 77.2 Å². The molecule has 3 aromatic rings. The third-order valence-electron chi connectivity index (χ3n) is 5.37. The lowest BCUT2D eigenvalue weighted by atomic mass is 9.96. The van der Waals surface area contributed by atoms with Crippen molar-refractivity contribution >= 4 is 11.7 Å². The van der Waals surface area contributed by atoms with Crippen LogP contribution in [0, 0.1) is 5.82 Å². The highest BCUT2D eigenvalue weighted by Gasteiger charge is 2.47. The monoisotopic (exact) mass is 448 g/mol. The van der Waals surface area contributed by atoms with Gasteiger partial charge in [0.2, 0.25) is 0 Å². The summed E-state index contributed by atoms with van der Waals surface area (Å²) in [6.45, 7) is 0.178. The second-order valence-corrected chi connectivity index (χ2v) is 7.42. The number of aromatic nitrogens is 2. The molecule has 1 aliphatic heterocycles. The molecule has 32 heavy (non-hydrogen) atoms. The van der Waals surface area contributed by atoms with Crippen LogP contribution in [0.2, 0.25) is 0 Å². The first-order chi connectivity index (χ1) is 15.3. The van der Waals surface area contributed by atoms with Gasteiger partial charge in [0.1, 0.15) is 22.9 Å². The molecule has 0 spiro atoms. The van der Waals surface area contributed by atoms with Crippen molar-refractivity contribution in [2.24, 2.45) is 0 Å². The van der Waals surface area contributed by atoms with Gasteiger partial charge in [-0.05, 0) is 35.4 Å². The van der Waals surface area contributed by atoms with Gasteiger partial charge in [0.25, 0.3) is 5.91 Å². The van der Waals surface area contributed by atoms with Gasteiger partial charge in [0.05, 0.1) is 19.3 Å². The molecule has 2 heterocycles. The molecule has 6 nitrogen and oxygen atoms in total. The second kappa shape index (κ2) is 8.52. The maximum Gasteiger partial charge on any atom is 0.410 e. The minimum Gasteiger partial charge on any atom is -0.497 e. The van der Waals surface area contributed by atoms with Crippen molar-refractivity contribution in [3.8, 4) is 5.75 Å². The summed E-state index contributed by atoms with van der Waals surface area (Å²) in [7, 11) is 1.54. The lowest BCUT2D eigenvalue weighted by molar-refractivity contribution is -0.173. The van der Waals surface area contributed by atoms with Crippen molar-refractivity contribution < 1.29 is 27.1 Å². The molecule has 0 saturated heterocycles. The van der Waals surface area contributed by atoms with E-state index in [1.54, 1.807) is 31.4 Å². The average Bonchev–Trinajstić information content (AvgIpc) is 3.21. The molecule has 0 aliphatic carbocycles. The van der Waals surface area contributed by atoms with Gasteiger partial charge in [0.15, 0.2) is 6.04 Å². The Morgan fingerprint density at radius 1 is 1.19 bits per heavy atom. The first kappa shape index (κ1) is 21.7. The summed E-state index contributed by atoms with van der Waals surface area (Å²) >= 11 is 0. The van der Waals surface area contributed by atoms with E-state index in [9.17, 15) is 22.4 Å². The quantitative estimate of drug-likeness (QED) is 0.559. The summed E-state index contributed by atoms with van der Waals surface area (Å²) in [5, 5.41) is 9.52. The number of nitrogens with one attached hydrogen (secondary N) is 2. The SMILES string of the molecule is COc1ccc(CNC(=O)c2cnn3c2NC(c2ccc(F)cc2)CC3C(F)(F)F)cc1. The van der Waals surface area contributed by atoms with Crippen molar-refractivity contribution in [3.63, 3.8) is 0 Å². The molecule has 2 atom stereocenters. The zero-order valence-corrected chi connectivity index (χ0v) is 17.0. The first-order valence-electron chi connectivity index (χ1n) is 9.83. The second-order valence-electron chi connectivity index (χ2n) is 7.42. The number of carbonyl (C=O) groups excluding carboxylic acids is 1. The average molecular weight is 448 g/mol. The molecule has 1 aliphatic rings. The molecule has 0 saturated carbocycles. The fourth-order valence-corrected chi connectivity index (χ4v) is 3.66. The molecule has 10 heteroatoms. The molecular weight excluding hydrogens is 428 g/mol. The number of methoxy groups -OCH3 is 1. The Hall–Kier alpha value is -3.56. The predicted molar refractivity (Wildman–Crippen MR) is 109 cm³/mol. The van der Waals surface area contributed by atoms with Crippen LogP contribution in [-0.2, 0) is 6.54 Å². The van der Waals surface area contributed by atoms with Crippen LogP contribution in [0.4, 0.5) is 23.4 Å². The summed E-state index contributed by atoms with van der Waals surface area (Å²) < 4.78 is 60.4. The van der Waals surface area contributed by atoms with Crippen molar-refractivity contribution in [2.45, 2.75) is 31.2 Å². The molecule has 0 radical (unpaired) electrons. The Bertz CT molecular complexity index is 1090. The molecule has 168 valence electrons. The van der Waals surface area contributed by atoms with Crippen LogP contribution < -0.4 is 15.4 Å². The molecule has 4 rings (SSSR count). The molecule has 2 N–H and O–H groups in total. The van der Waals surface area contributed by atoms with Gasteiger partial charge in [-0.25, -0.2) is 9.07 Å². The Labute approximate surface area is 181 Å². The maximum atomic E-state index is 13.8. The number of carbonyl (C=O) groups is 1. The lowest BCUT2D eigenvalue weighted by Gasteiger charge is -2.34. The lowest BCUT2D eigenvalue weighted by Crippen LogP contribution is -2.36. The predicted octanol–water partition coefficient (Wildman–Crippen LogP) is 4.62. The topological polar surface area (TPSA) is 68.2 Å². The Kier molecular flexibility index (Phi) is 5.77. The zero-order chi connectivity index (χ0) is 22.9. The van der Waals surface area contributed by atoms with E-state index < -0.39 is 30.0 Å². The molecular formula is C22H20F4N4O2. The van der Waals surface area contributed by atoms with E-state index in [4.69, 9.17) is 4.74 Å². The molecule has 0 fully saturated rings. The van der Waals surface area contributed by atoms with Crippen LogP contribution in [0.15, 0.2) is 54.7 Å². The van der Waals surface area contributed by atoms with Crippen molar-refractivity contribution in [2.75, 3.05) is 12.4 Å². The zero-order valence-electron chi connectivity index (χ0n) is 17.0. The van der Waals surface area contributed by atoms with Crippen LogP contribution >= 0.6 is 0 Å². The molecule has 0 bridgehead atoms. The van der Waals surface area contributed by atoms with Gasteiger partial charge < -0.3 is 15.4 Å². The number of benzene rings is 2. The third kappa shape index (κ3) is 4.39. The number of rotatable bonds is 5. The fourth-order valence-electron chi connectivity index (χ4n) is 3.66. The largest absolute Gasteiger partial charge is 0.497 e. The Morgan fingerprint density at radius 3 is 2.50 bits per heavy atom. The van der Waals surface area contributed by atoms with Gasteiger partial charge in [-0.2, -0.15) is 18.3 Å². The summed E-state index contributed by atoms with van der Waals surface area (Å²) in [6.07, 6.45) is -3.79. The van der Waals surface area contributed by atoms with Crippen molar-refractivity contribution in [1.82, 2.24) is 15.1 Å². The standard InChI is InChI=1S/C22H20F4N4O2/c1-32-16-8-2-13(3-9-16)11-27-21(31)17-12-28-30-19(22(24,25)26)10-18(29-20(17)30)14-4-6-15(23)7-5-14/h2-9,12,18-19,29H,10-11H2,1H3,(H,27,31). The van der Waals surface area contributed by atoms with Crippen LogP contribution in [0.25, 0.3) is 0 Å². The Morgan fingerprint density at radius 2 is 1.88 bits per heavy atom. The Balaban J connectivity index is 1.58. The first-order valence-corrected chi connectivity index (χ1v) is 9.83. The van der Waals surface area contributed by atoms with Gasteiger partial charge in [-0.3, -0.25) is 4.79 Å². The number of hydrogen-bond donors (Lipinski definition) is 2. The molecule has 2 unspecified atom stereocenters. The number of ether oxygens (including phenoxy) is 1. The van der Waals surface area contributed by atoms with Crippen LogP contribution in [0.1, 0.15) is 40.0 Å². The van der Waals surface area contributed by atoms with E-state index in [0.29, 0.717) is 11.3 Å². The maximum absolute atomic E-state index is 13.8. The number of anilines is 1. The summed E-state index contributed by atoms with van der Waals surface area (Å²) in [5.41, 5.74) is 1.28.